The molecule has 6 heteroatoms. The predicted molar refractivity (Wildman–Crippen MR) is 232 cm³/mol. The minimum atomic E-state index is 0.140. The third-order valence-corrected chi connectivity index (χ3v) is 10.8. The van der Waals surface area contributed by atoms with E-state index in [-0.39, 0.29) is 6.71 Å². The van der Waals surface area contributed by atoms with Gasteiger partial charge in [0.05, 0.1) is 27.8 Å². The van der Waals surface area contributed by atoms with Crippen LogP contribution < -0.4 is 0 Å². The van der Waals surface area contributed by atoms with Crippen LogP contribution in [0.25, 0.3) is 49.3 Å². The molecular formula is C47H48BN5. The first kappa shape index (κ1) is 34.6. The van der Waals surface area contributed by atoms with Gasteiger partial charge in [-0.05, 0) is 57.2 Å². The van der Waals surface area contributed by atoms with Crippen molar-refractivity contribution < 1.29 is 0 Å². The Bertz CT molecular complexity index is 2520. The molecule has 0 aliphatic heterocycles. The molecule has 2 heterocycles. The van der Waals surface area contributed by atoms with Gasteiger partial charge in [0.1, 0.15) is 6.34 Å². The number of hydrogen-bond acceptors (Lipinski definition) is 1. The molecule has 3 aliphatic carbocycles. The predicted octanol–water partition coefficient (Wildman–Crippen LogP) is 12.1. The molecule has 1 fully saturated rings. The minimum Gasteiger partial charge on any atom is -0.311 e. The second-order valence-corrected chi connectivity index (χ2v) is 14.9. The fourth-order valence-corrected chi connectivity index (χ4v) is 8.01. The summed E-state index contributed by atoms with van der Waals surface area (Å²) in [5.74, 6) is 1.89. The number of allylic oxidation sites excluding steroid dienone is 12. The maximum Gasteiger partial charge on any atom is 0.222 e. The fraction of sp³-hybridized carbons (Fsp3) is 0.255. The van der Waals surface area contributed by atoms with Gasteiger partial charge in [-0.2, -0.15) is 0 Å². The van der Waals surface area contributed by atoms with Crippen molar-refractivity contribution in [2.75, 3.05) is 7.05 Å². The number of fused-ring (bicyclic) bond motifs is 8. The van der Waals surface area contributed by atoms with Crippen LogP contribution in [0.5, 0.6) is 0 Å². The molecule has 5 aromatic rings. The molecule has 0 saturated heterocycles. The Labute approximate surface area is 313 Å². The average Bonchev–Trinajstić information content (AvgIpc) is 3.89. The average molecular weight is 694 g/mol. The van der Waals surface area contributed by atoms with Crippen molar-refractivity contribution in [1.82, 2.24) is 9.13 Å². The van der Waals surface area contributed by atoms with Crippen LogP contribution in [-0.4, -0.2) is 40.8 Å². The smallest absolute Gasteiger partial charge is 0.222 e. The third kappa shape index (κ3) is 6.91. The van der Waals surface area contributed by atoms with Crippen LogP contribution >= 0.6 is 0 Å². The summed E-state index contributed by atoms with van der Waals surface area (Å²) in [5, 5.41) is 4.99. The van der Waals surface area contributed by atoms with Gasteiger partial charge >= 0.3 is 0 Å². The standard InChI is InChI=1S/C47H48BN5/c1-33(2)19-10-6-5-9-17-30-48(3)47(51-46(49-4)34-20-11-7-8-12-21-34)50-32-52-41-25-15-13-23-36(41)38-28-29-39-37-24-14-16-26-42(37)53(45(39)44(38)52)43-27-18-22-35-31-40(35)43/h6-7,10-16,18-29,32,35,40H,5,8-9,17,30-31H2,1-4H3/b10-6-,49-46?,50-32+,51-47?. The SMILES string of the molecule is CN=C(N=C(/N=C/n1c2ccccc2c2ccc3c4ccccc4n(C4=CC=CC5CC45)c3c21)B(C)CCCC/C=C\C=C(C)C)C1=CC=CCC=C1. The Morgan fingerprint density at radius 1 is 0.868 bits per heavy atom. The van der Waals surface area contributed by atoms with Gasteiger partial charge in [0.15, 0.2) is 5.84 Å². The van der Waals surface area contributed by atoms with E-state index in [1.807, 2.05) is 13.4 Å². The summed E-state index contributed by atoms with van der Waals surface area (Å²) in [6, 6.07) is 22.2. The second kappa shape index (κ2) is 15.2. The molecule has 53 heavy (non-hydrogen) atoms. The molecule has 0 bridgehead atoms. The summed E-state index contributed by atoms with van der Waals surface area (Å²) in [5.41, 5.74) is 9.31. The summed E-state index contributed by atoms with van der Waals surface area (Å²) >= 11 is 0. The van der Waals surface area contributed by atoms with E-state index in [0.29, 0.717) is 17.7 Å². The van der Waals surface area contributed by atoms with Crippen LogP contribution in [0.3, 0.4) is 0 Å². The minimum absolute atomic E-state index is 0.140. The number of hydrogen-bond donors (Lipinski definition) is 0. The summed E-state index contributed by atoms with van der Waals surface area (Å²) < 4.78 is 4.87. The molecule has 2 atom stereocenters. The van der Waals surface area contributed by atoms with Crippen molar-refractivity contribution in [1.29, 1.82) is 0 Å². The summed E-state index contributed by atoms with van der Waals surface area (Å²) in [6.07, 6.45) is 32.6. The van der Waals surface area contributed by atoms with Gasteiger partial charge in [-0.25, -0.2) is 9.98 Å². The van der Waals surface area contributed by atoms with Crippen molar-refractivity contribution in [2.45, 2.75) is 59.1 Å². The van der Waals surface area contributed by atoms with Gasteiger partial charge in [0.25, 0.3) is 0 Å². The summed E-state index contributed by atoms with van der Waals surface area (Å²) in [6.45, 7) is 6.67. The maximum absolute atomic E-state index is 5.33. The molecule has 0 spiro atoms. The van der Waals surface area contributed by atoms with Gasteiger partial charge in [-0.3, -0.25) is 9.56 Å². The molecule has 5 nitrogen and oxygen atoms in total. The van der Waals surface area contributed by atoms with Crippen molar-refractivity contribution in [3.63, 3.8) is 0 Å². The van der Waals surface area contributed by atoms with E-state index in [2.05, 4.69) is 162 Å². The quantitative estimate of drug-likeness (QED) is 0.0460. The maximum atomic E-state index is 5.33. The van der Waals surface area contributed by atoms with Crippen LogP contribution in [0.1, 0.15) is 46.0 Å². The number of nitrogens with zero attached hydrogens (tertiary/aromatic N) is 5. The highest BCUT2D eigenvalue weighted by Crippen LogP contribution is 2.52. The topological polar surface area (TPSA) is 46.9 Å². The Kier molecular flexibility index (Phi) is 9.95. The van der Waals surface area contributed by atoms with Crippen molar-refractivity contribution >= 4 is 73.9 Å². The Hall–Kier alpha value is -5.49. The van der Waals surface area contributed by atoms with Crippen molar-refractivity contribution in [3.8, 4) is 0 Å². The van der Waals surface area contributed by atoms with Crippen LogP contribution in [0.4, 0.5) is 0 Å². The van der Waals surface area contributed by atoms with Crippen LogP contribution in [0.2, 0.25) is 13.1 Å². The summed E-state index contributed by atoms with van der Waals surface area (Å²) in [7, 11) is 1.83. The van der Waals surface area contributed by atoms with Gasteiger partial charge in [-0.1, -0.05) is 141 Å². The first-order valence-corrected chi connectivity index (χ1v) is 19.3. The van der Waals surface area contributed by atoms with E-state index < -0.39 is 0 Å². The zero-order valence-electron chi connectivity index (χ0n) is 31.4. The molecule has 2 aromatic heterocycles. The van der Waals surface area contributed by atoms with E-state index in [0.717, 1.165) is 48.8 Å². The molecule has 3 aromatic carbocycles. The first-order valence-electron chi connectivity index (χ1n) is 19.3. The van der Waals surface area contributed by atoms with Gasteiger partial charge in [-0.15, -0.1) is 0 Å². The van der Waals surface area contributed by atoms with Gasteiger partial charge in [0, 0.05) is 45.8 Å². The molecule has 264 valence electrons. The number of rotatable bonds is 10. The third-order valence-electron chi connectivity index (χ3n) is 10.8. The van der Waals surface area contributed by atoms with E-state index in [1.54, 1.807) is 0 Å². The number of amidine groups is 2. The van der Waals surface area contributed by atoms with Crippen molar-refractivity contribution in [3.05, 3.63) is 139 Å². The second-order valence-electron chi connectivity index (χ2n) is 14.9. The van der Waals surface area contributed by atoms with Crippen LogP contribution in [0.15, 0.2) is 154 Å². The molecule has 2 unspecified atom stereocenters. The number of para-hydroxylation sites is 2. The molecule has 1 saturated carbocycles. The molecule has 0 amide bonds. The largest absolute Gasteiger partial charge is 0.311 e. The highest BCUT2D eigenvalue weighted by atomic mass is 15.1. The highest BCUT2D eigenvalue weighted by Gasteiger charge is 2.41. The molecule has 0 N–H and O–H groups in total. The number of aromatic nitrogens is 2. The molecular weight excluding hydrogens is 645 g/mol. The van der Waals surface area contributed by atoms with E-state index in [1.165, 1.54) is 55.8 Å². The van der Waals surface area contributed by atoms with E-state index >= 15 is 0 Å². The van der Waals surface area contributed by atoms with E-state index in [9.17, 15) is 0 Å². The monoisotopic (exact) mass is 693 g/mol. The lowest BCUT2D eigenvalue weighted by molar-refractivity contribution is 0.809. The van der Waals surface area contributed by atoms with E-state index in [4.69, 9.17) is 9.98 Å². The lowest BCUT2D eigenvalue weighted by atomic mass is 9.47. The number of aliphatic imine (C=N–C) groups is 3. The van der Waals surface area contributed by atoms with Crippen molar-refractivity contribution in [2.24, 2.45) is 26.8 Å². The molecule has 3 aliphatic rings. The highest BCUT2D eigenvalue weighted by molar-refractivity contribution is 6.90. The lowest BCUT2D eigenvalue weighted by Gasteiger charge is -2.15. The Balaban J connectivity index is 1.26. The Morgan fingerprint density at radius 2 is 1.64 bits per heavy atom. The Morgan fingerprint density at radius 3 is 2.45 bits per heavy atom. The zero-order chi connectivity index (χ0) is 36.3. The van der Waals surface area contributed by atoms with Crippen LogP contribution in [0, 0.1) is 11.8 Å². The summed E-state index contributed by atoms with van der Waals surface area (Å²) in [4.78, 5) is 15.2. The van der Waals surface area contributed by atoms with Crippen LogP contribution in [-0.2, 0) is 0 Å². The van der Waals surface area contributed by atoms with Gasteiger partial charge < -0.3 is 4.57 Å². The number of benzene rings is 3. The normalized spacial score (nSPS) is 18.8. The van der Waals surface area contributed by atoms with Gasteiger partial charge in [0.2, 0.25) is 6.71 Å². The lowest BCUT2D eigenvalue weighted by Crippen LogP contribution is -2.22. The molecule has 0 radical (unpaired) electrons. The first-order chi connectivity index (χ1) is 26.0. The fourth-order valence-electron chi connectivity index (χ4n) is 8.01. The molecule has 8 rings (SSSR count). The zero-order valence-corrected chi connectivity index (χ0v) is 31.4. The number of unbranched alkanes of at least 4 members (excludes halogenated alkanes) is 2.